The Bertz CT molecular complexity index is 1260. The summed E-state index contributed by atoms with van der Waals surface area (Å²) in [6.07, 6.45) is 1.49. The van der Waals surface area contributed by atoms with E-state index in [1.54, 1.807) is 18.2 Å². The molecule has 150 valence electrons. The van der Waals surface area contributed by atoms with Gasteiger partial charge in [-0.05, 0) is 31.2 Å². The summed E-state index contributed by atoms with van der Waals surface area (Å²) in [7, 11) is 0. The van der Waals surface area contributed by atoms with Gasteiger partial charge < -0.3 is 16.0 Å². The van der Waals surface area contributed by atoms with E-state index in [9.17, 15) is 4.39 Å². The van der Waals surface area contributed by atoms with Gasteiger partial charge in [-0.2, -0.15) is 0 Å². The first-order valence-corrected chi connectivity index (χ1v) is 9.79. The monoisotopic (exact) mass is 421 g/mol. The zero-order valence-corrected chi connectivity index (χ0v) is 16.7. The zero-order valence-electron chi connectivity index (χ0n) is 15.9. The van der Waals surface area contributed by atoms with Gasteiger partial charge >= 0.3 is 0 Å². The zero-order chi connectivity index (χ0) is 20.7. The van der Waals surface area contributed by atoms with Crippen LogP contribution in [0.5, 0.6) is 0 Å². The molecule has 9 heteroatoms. The lowest BCUT2D eigenvalue weighted by Gasteiger charge is -2.19. The molecule has 2 aromatic heterocycles. The molecule has 0 saturated heterocycles. The van der Waals surface area contributed by atoms with Crippen molar-refractivity contribution in [3.8, 4) is 11.3 Å². The Labute approximate surface area is 176 Å². The Kier molecular flexibility index (Phi) is 4.55. The minimum absolute atomic E-state index is 0.277. The van der Waals surface area contributed by atoms with Gasteiger partial charge in [0.1, 0.15) is 23.3 Å². The lowest BCUT2D eigenvalue weighted by atomic mass is 10.0. The van der Waals surface area contributed by atoms with Crippen LogP contribution in [-0.2, 0) is 0 Å². The highest BCUT2D eigenvalue weighted by atomic mass is 35.5. The van der Waals surface area contributed by atoms with Crippen LogP contribution in [0, 0.1) is 5.82 Å². The second-order valence-electron chi connectivity index (χ2n) is 6.92. The summed E-state index contributed by atoms with van der Waals surface area (Å²) >= 11 is 6.35. The number of aromatic nitrogens is 4. The number of rotatable bonds is 4. The van der Waals surface area contributed by atoms with Gasteiger partial charge in [-0.1, -0.05) is 29.8 Å². The molecule has 3 N–H and O–H groups in total. The smallest absolute Gasteiger partial charge is 0.156 e. The maximum absolute atomic E-state index is 14.0. The fourth-order valence-corrected chi connectivity index (χ4v) is 3.70. The number of hydrogen-bond donors (Lipinski definition) is 3. The minimum atomic E-state index is -0.344. The minimum Gasteiger partial charge on any atom is -0.362 e. The summed E-state index contributed by atoms with van der Waals surface area (Å²) in [6.45, 7) is 2.54. The first-order chi connectivity index (χ1) is 14.6. The van der Waals surface area contributed by atoms with Gasteiger partial charge in [0, 0.05) is 5.56 Å². The SMILES string of the molecule is CC(Nc1ncnc2c1NCN2)c1nc2cccc(Cl)c2nc1-c1cccc(F)c1. The average molecular weight is 422 g/mol. The summed E-state index contributed by atoms with van der Waals surface area (Å²) in [5.74, 6) is 1.04. The van der Waals surface area contributed by atoms with Gasteiger partial charge in [-0.3, -0.25) is 0 Å². The van der Waals surface area contributed by atoms with Crippen molar-refractivity contribution in [2.45, 2.75) is 13.0 Å². The highest BCUT2D eigenvalue weighted by Gasteiger charge is 2.22. The van der Waals surface area contributed by atoms with Crippen molar-refractivity contribution in [3.05, 3.63) is 65.3 Å². The molecule has 1 aliphatic rings. The van der Waals surface area contributed by atoms with Crippen LogP contribution in [0.3, 0.4) is 0 Å². The van der Waals surface area contributed by atoms with Gasteiger partial charge in [0.25, 0.3) is 0 Å². The van der Waals surface area contributed by atoms with Crippen LogP contribution in [0.2, 0.25) is 5.02 Å². The van der Waals surface area contributed by atoms with E-state index in [2.05, 4.69) is 25.9 Å². The van der Waals surface area contributed by atoms with E-state index in [0.717, 1.165) is 11.5 Å². The van der Waals surface area contributed by atoms with Gasteiger partial charge in [-0.15, -0.1) is 0 Å². The van der Waals surface area contributed by atoms with E-state index in [0.29, 0.717) is 45.5 Å². The van der Waals surface area contributed by atoms with E-state index in [4.69, 9.17) is 21.6 Å². The van der Waals surface area contributed by atoms with E-state index in [1.165, 1.54) is 18.5 Å². The van der Waals surface area contributed by atoms with Crippen LogP contribution in [0.15, 0.2) is 48.8 Å². The number of halogens is 2. The molecule has 1 aliphatic heterocycles. The summed E-state index contributed by atoms with van der Waals surface area (Å²) in [5.41, 5.74) is 3.89. The van der Waals surface area contributed by atoms with Crippen molar-refractivity contribution in [1.82, 2.24) is 19.9 Å². The molecule has 2 aromatic carbocycles. The molecule has 0 aliphatic carbocycles. The fraction of sp³-hybridized carbons (Fsp3) is 0.143. The number of fused-ring (bicyclic) bond motifs is 2. The van der Waals surface area contributed by atoms with Crippen LogP contribution >= 0.6 is 11.6 Å². The second kappa shape index (κ2) is 7.38. The maximum atomic E-state index is 14.0. The van der Waals surface area contributed by atoms with Crippen molar-refractivity contribution >= 4 is 40.0 Å². The molecule has 0 bridgehead atoms. The third-order valence-corrected chi connectivity index (χ3v) is 5.21. The number of para-hydroxylation sites is 1. The second-order valence-corrected chi connectivity index (χ2v) is 7.32. The molecule has 0 saturated carbocycles. The maximum Gasteiger partial charge on any atom is 0.156 e. The standard InChI is InChI=1S/C21H17ClFN7/c1-11(28-21-19-20(25-9-24-19)26-10-27-21)16-17(12-4-2-5-13(23)8-12)30-18-14(22)6-3-7-15(18)29-16/h2-8,10-11,24H,9H2,1H3,(H2,25,26,27,28). The summed E-state index contributed by atoms with van der Waals surface area (Å²) < 4.78 is 14.0. The summed E-state index contributed by atoms with van der Waals surface area (Å²) in [5, 5.41) is 10.2. The Morgan fingerprint density at radius 2 is 1.97 bits per heavy atom. The van der Waals surface area contributed by atoms with Crippen LogP contribution in [0.4, 0.5) is 21.7 Å². The number of anilines is 3. The fourth-order valence-electron chi connectivity index (χ4n) is 3.49. The number of hydrogen-bond acceptors (Lipinski definition) is 7. The average Bonchev–Trinajstić information content (AvgIpc) is 3.23. The molecule has 3 heterocycles. The molecule has 0 fully saturated rings. The van der Waals surface area contributed by atoms with Crippen LogP contribution in [0.25, 0.3) is 22.3 Å². The predicted octanol–water partition coefficient (Wildman–Crippen LogP) is 4.85. The van der Waals surface area contributed by atoms with Crippen molar-refractivity contribution in [1.29, 1.82) is 0 Å². The summed E-state index contributed by atoms with van der Waals surface area (Å²) in [4.78, 5) is 18.2. The molecule has 0 spiro atoms. The van der Waals surface area contributed by atoms with Crippen LogP contribution < -0.4 is 16.0 Å². The Morgan fingerprint density at radius 1 is 1.10 bits per heavy atom. The lowest BCUT2D eigenvalue weighted by Crippen LogP contribution is -2.13. The highest BCUT2D eigenvalue weighted by Crippen LogP contribution is 2.35. The molecule has 1 unspecified atom stereocenters. The van der Waals surface area contributed by atoms with Gasteiger partial charge in [-0.25, -0.2) is 24.3 Å². The van der Waals surface area contributed by atoms with Crippen LogP contribution in [-0.4, -0.2) is 26.6 Å². The van der Waals surface area contributed by atoms with Crippen LogP contribution in [0.1, 0.15) is 18.7 Å². The van der Waals surface area contributed by atoms with E-state index < -0.39 is 0 Å². The largest absolute Gasteiger partial charge is 0.362 e. The van der Waals surface area contributed by atoms with Crippen molar-refractivity contribution in [2.24, 2.45) is 0 Å². The number of nitrogens with zero attached hydrogens (tertiary/aromatic N) is 4. The van der Waals surface area contributed by atoms with E-state index in [1.807, 2.05) is 19.1 Å². The van der Waals surface area contributed by atoms with Crippen molar-refractivity contribution in [3.63, 3.8) is 0 Å². The highest BCUT2D eigenvalue weighted by molar-refractivity contribution is 6.34. The molecule has 0 radical (unpaired) electrons. The van der Waals surface area contributed by atoms with E-state index >= 15 is 0 Å². The van der Waals surface area contributed by atoms with Gasteiger partial charge in [0.15, 0.2) is 11.6 Å². The number of benzene rings is 2. The molecule has 1 atom stereocenters. The molecule has 30 heavy (non-hydrogen) atoms. The normalized spacial score (nSPS) is 13.4. The Balaban J connectivity index is 1.64. The van der Waals surface area contributed by atoms with Gasteiger partial charge in [0.05, 0.1) is 34.6 Å². The first-order valence-electron chi connectivity index (χ1n) is 9.41. The Hall–Kier alpha value is -3.52. The van der Waals surface area contributed by atoms with Crippen molar-refractivity contribution in [2.75, 3.05) is 22.6 Å². The third kappa shape index (κ3) is 3.25. The Morgan fingerprint density at radius 3 is 2.83 bits per heavy atom. The van der Waals surface area contributed by atoms with Crippen molar-refractivity contribution < 1.29 is 4.39 Å². The summed E-state index contributed by atoms with van der Waals surface area (Å²) in [6, 6.07) is 11.5. The number of nitrogens with one attached hydrogen (secondary N) is 3. The molecular weight excluding hydrogens is 405 g/mol. The third-order valence-electron chi connectivity index (χ3n) is 4.90. The molecule has 7 nitrogen and oxygen atoms in total. The predicted molar refractivity (Wildman–Crippen MR) is 116 cm³/mol. The van der Waals surface area contributed by atoms with E-state index in [-0.39, 0.29) is 11.9 Å². The quantitative estimate of drug-likeness (QED) is 0.434. The molecule has 4 aromatic rings. The molecular formula is C21H17ClFN7. The van der Waals surface area contributed by atoms with Gasteiger partial charge in [0.2, 0.25) is 0 Å². The lowest BCUT2D eigenvalue weighted by molar-refractivity contribution is 0.628. The topological polar surface area (TPSA) is 87.7 Å². The molecule has 0 amide bonds. The molecule has 5 rings (SSSR count). The first kappa shape index (κ1) is 18.5.